The summed E-state index contributed by atoms with van der Waals surface area (Å²) in [5, 5.41) is 0. The maximum Gasteiger partial charge on any atom is 0.251 e. The average molecular weight is 208 g/mol. The number of nitrogens with zero attached hydrogens (tertiary/aromatic N) is 1. The van der Waals surface area contributed by atoms with Crippen LogP contribution in [0.5, 0.6) is 0 Å². The molecule has 0 aliphatic heterocycles. The highest BCUT2D eigenvalue weighted by atomic mass is 16.1. The van der Waals surface area contributed by atoms with E-state index in [4.69, 9.17) is 5.73 Å². The number of rotatable bonds is 3. The van der Waals surface area contributed by atoms with Crippen molar-refractivity contribution in [2.24, 2.45) is 5.73 Å². The van der Waals surface area contributed by atoms with Crippen LogP contribution in [0.3, 0.4) is 0 Å². The quantitative estimate of drug-likeness (QED) is 0.824. The fourth-order valence-corrected chi connectivity index (χ4v) is 1.98. The molecule has 15 heavy (non-hydrogen) atoms. The molecule has 1 unspecified atom stereocenters. The van der Waals surface area contributed by atoms with Gasteiger partial charge in [-0.05, 0) is 38.3 Å². The molecular formula is C12H20N2O. The molecule has 1 aromatic heterocycles. The zero-order chi connectivity index (χ0) is 11.6. The number of aryl methyl sites for hydroxylation is 1. The Labute approximate surface area is 90.9 Å². The molecule has 0 saturated heterocycles. The standard InChI is InChI=1S/C12H20N2O/c1-5-9(3)14-10(4)11(7-13)8(2)6-12(14)15/h6,9H,5,7,13H2,1-4H3. The van der Waals surface area contributed by atoms with E-state index in [9.17, 15) is 4.79 Å². The third kappa shape index (κ3) is 2.12. The van der Waals surface area contributed by atoms with E-state index in [2.05, 4.69) is 13.8 Å². The lowest BCUT2D eigenvalue weighted by molar-refractivity contribution is 0.498. The molecule has 0 bridgehead atoms. The number of nitrogens with two attached hydrogens (primary N) is 1. The van der Waals surface area contributed by atoms with Gasteiger partial charge in [0.2, 0.25) is 0 Å². The molecule has 1 aromatic rings. The highest BCUT2D eigenvalue weighted by Gasteiger charge is 2.12. The van der Waals surface area contributed by atoms with Gasteiger partial charge in [-0.25, -0.2) is 0 Å². The van der Waals surface area contributed by atoms with E-state index < -0.39 is 0 Å². The van der Waals surface area contributed by atoms with Crippen LogP contribution in [-0.4, -0.2) is 4.57 Å². The van der Waals surface area contributed by atoms with Crippen molar-refractivity contribution in [2.45, 2.75) is 46.7 Å². The summed E-state index contributed by atoms with van der Waals surface area (Å²) in [5.41, 5.74) is 8.88. The Morgan fingerprint density at radius 2 is 2.07 bits per heavy atom. The molecule has 0 aliphatic carbocycles. The van der Waals surface area contributed by atoms with Crippen molar-refractivity contribution in [3.63, 3.8) is 0 Å². The molecule has 0 fully saturated rings. The number of hydrogen-bond acceptors (Lipinski definition) is 2. The highest BCUT2D eigenvalue weighted by molar-refractivity contribution is 5.29. The lowest BCUT2D eigenvalue weighted by Gasteiger charge is -2.20. The molecule has 84 valence electrons. The van der Waals surface area contributed by atoms with Crippen LogP contribution in [0, 0.1) is 13.8 Å². The van der Waals surface area contributed by atoms with Crippen molar-refractivity contribution in [3.8, 4) is 0 Å². The monoisotopic (exact) mass is 208 g/mol. The minimum atomic E-state index is 0.0801. The smallest absolute Gasteiger partial charge is 0.251 e. The first-order chi connectivity index (χ1) is 7.02. The molecule has 1 heterocycles. The second kappa shape index (κ2) is 4.62. The molecule has 3 heteroatoms. The van der Waals surface area contributed by atoms with Gasteiger partial charge in [-0.3, -0.25) is 4.79 Å². The Hall–Kier alpha value is -1.09. The molecule has 2 N–H and O–H groups in total. The Morgan fingerprint density at radius 3 is 2.53 bits per heavy atom. The summed E-state index contributed by atoms with van der Waals surface area (Å²) in [6, 6.07) is 1.92. The summed E-state index contributed by atoms with van der Waals surface area (Å²) in [6.45, 7) is 8.55. The average Bonchev–Trinajstić information content (AvgIpc) is 2.17. The third-order valence-corrected chi connectivity index (χ3v) is 3.09. The lowest BCUT2D eigenvalue weighted by Crippen LogP contribution is -2.27. The summed E-state index contributed by atoms with van der Waals surface area (Å²) < 4.78 is 1.84. The maximum atomic E-state index is 11.9. The van der Waals surface area contributed by atoms with E-state index in [0.29, 0.717) is 6.54 Å². The molecule has 1 atom stereocenters. The summed E-state index contributed by atoms with van der Waals surface area (Å²) in [5.74, 6) is 0. The Bertz CT molecular complexity index is 407. The van der Waals surface area contributed by atoms with Crippen molar-refractivity contribution in [1.29, 1.82) is 0 Å². The molecule has 0 aliphatic rings. The lowest BCUT2D eigenvalue weighted by atomic mass is 10.1. The van der Waals surface area contributed by atoms with Gasteiger partial charge in [0.15, 0.2) is 0 Å². The van der Waals surface area contributed by atoms with Gasteiger partial charge in [-0.2, -0.15) is 0 Å². The van der Waals surface area contributed by atoms with Crippen LogP contribution >= 0.6 is 0 Å². The summed E-state index contributed by atoms with van der Waals surface area (Å²) in [7, 11) is 0. The van der Waals surface area contributed by atoms with E-state index in [1.165, 1.54) is 0 Å². The van der Waals surface area contributed by atoms with Crippen molar-refractivity contribution < 1.29 is 0 Å². The van der Waals surface area contributed by atoms with E-state index in [-0.39, 0.29) is 11.6 Å². The molecule has 0 spiro atoms. The van der Waals surface area contributed by atoms with Crippen LogP contribution < -0.4 is 11.3 Å². The van der Waals surface area contributed by atoms with Crippen LogP contribution in [-0.2, 0) is 6.54 Å². The third-order valence-electron chi connectivity index (χ3n) is 3.09. The Kier molecular flexibility index (Phi) is 3.69. The maximum absolute atomic E-state index is 11.9. The largest absolute Gasteiger partial charge is 0.326 e. The van der Waals surface area contributed by atoms with E-state index >= 15 is 0 Å². The van der Waals surface area contributed by atoms with Gasteiger partial charge < -0.3 is 10.3 Å². The molecule has 1 rings (SSSR count). The van der Waals surface area contributed by atoms with Crippen molar-refractivity contribution >= 4 is 0 Å². The van der Waals surface area contributed by atoms with Gasteiger partial charge in [0.1, 0.15) is 0 Å². The summed E-state index contributed by atoms with van der Waals surface area (Å²) in [4.78, 5) is 11.9. The van der Waals surface area contributed by atoms with Gasteiger partial charge in [0.05, 0.1) is 0 Å². The predicted octanol–water partition coefficient (Wildman–Crippen LogP) is 1.89. The fraction of sp³-hybridized carbons (Fsp3) is 0.583. The minimum absolute atomic E-state index is 0.0801. The van der Waals surface area contributed by atoms with Crippen LogP contribution in [0.15, 0.2) is 10.9 Å². The second-order valence-electron chi connectivity index (χ2n) is 4.06. The summed E-state index contributed by atoms with van der Waals surface area (Å²) in [6.07, 6.45) is 0.952. The Balaban J connectivity index is 3.45. The molecule has 0 radical (unpaired) electrons. The molecular weight excluding hydrogens is 188 g/mol. The van der Waals surface area contributed by atoms with Gasteiger partial charge in [0, 0.05) is 24.3 Å². The van der Waals surface area contributed by atoms with Gasteiger partial charge in [-0.1, -0.05) is 6.92 Å². The van der Waals surface area contributed by atoms with Crippen molar-refractivity contribution in [2.75, 3.05) is 0 Å². The normalized spacial score (nSPS) is 12.9. The Morgan fingerprint density at radius 1 is 1.47 bits per heavy atom. The van der Waals surface area contributed by atoms with E-state index in [1.807, 2.05) is 18.4 Å². The van der Waals surface area contributed by atoms with Crippen LogP contribution in [0.4, 0.5) is 0 Å². The van der Waals surface area contributed by atoms with Gasteiger partial charge >= 0.3 is 0 Å². The van der Waals surface area contributed by atoms with Crippen molar-refractivity contribution in [1.82, 2.24) is 4.57 Å². The van der Waals surface area contributed by atoms with Gasteiger partial charge in [0.25, 0.3) is 5.56 Å². The molecule has 3 nitrogen and oxygen atoms in total. The number of pyridine rings is 1. The van der Waals surface area contributed by atoms with E-state index in [1.54, 1.807) is 6.07 Å². The topological polar surface area (TPSA) is 48.0 Å². The molecule has 0 saturated carbocycles. The summed E-state index contributed by atoms with van der Waals surface area (Å²) >= 11 is 0. The van der Waals surface area contributed by atoms with Gasteiger partial charge in [-0.15, -0.1) is 0 Å². The molecule has 0 amide bonds. The van der Waals surface area contributed by atoms with E-state index in [0.717, 1.165) is 23.2 Å². The van der Waals surface area contributed by atoms with Crippen molar-refractivity contribution in [3.05, 3.63) is 33.2 Å². The van der Waals surface area contributed by atoms with Crippen LogP contribution in [0.25, 0.3) is 0 Å². The first kappa shape index (κ1) is 12.0. The zero-order valence-corrected chi connectivity index (χ0v) is 10.0. The SMILES string of the molecule is CCC(C)n1c(C)c(CN)c(C)cc1=O. The molecule has 0 aromatic carbocycles. The number of hydrogen-bond donors (Lipinski definition) is 1. The zero-order valence-electron chi connectivity index (χ0n) is 10.0. The number of aromatic nitrogens is 1. The minimum Gasteiger partial charge on any atom is -0.326 e. The first-order valence-electron chi connectivity index (χ1n) is 5.44. The predicted molar refractivity (Wildman–Crippen MR) is 63.1 cm³/mol. The fourth-order valence-electron chi connectivity index (χ4n) is 1.98. The van der Waals surface area contributed by atoms with Crippen LogP contribution in [0.2, 0.25) is 0 Å². The van der Waals surface area contributed by atoms with Crippen LogP contribution in [0.1, 0.15) is 43.1 Å². The highest BCUT2D eigenvalue weighted by Crippen LogP contribution is 2.16. The second-order valence-corrected chi connectivity index (χ2v) is 4.06. The first-order valence-corrected chi connectivity index (χ1v) is 5.44.